The van der Waals surface area contributed by atoms with Crippen molar-refractivity contribution in [2.45, 2.75) is 25.2 Å². The van der Waals surface area contributed by atoms with Crippen molar-refractivity contribution in [3.8, 4) is 0 Å². The van der Waals surface area contributed by atoms with Crippen LogP contribution < -0.4 is 5.73 Å². The second-order valence-electron chi connectivity index (χ2n) is 3.92. The normalized spacial score (nSPS) is 19.7. The van der Waals surface area contributed by atoms with Gasteiger partial charge >= 0.3 is 0 Å². The van der Waals surface area contributed by atoms with E-state index in [0.717, 1.165) is 17.5 Å². The zero-order valence-corrected chi connectivity index (χ0v) is 8.40. The number of carbonyl (C=O) groups excluding carboxylic acids is 2. The highest BCUT2D eigenvalue weighted by Crippen LogP contribution is 2.33. The Morgan fingerprint density at radius 2 is 2.13 bits per heavy atom. The first kappa shape index (κ1) is 9.90. The monoisotopic (exact) mass is 203 g/mol. The maximum atomic E-state index is 11.6. The summed E-state index contributed by atoms with van der Waals surface area (Å²) < 4.78 is 0. The van der Waals surface area contributed by atoms with Crippen LogP contribution >= 0.6 is 0 Å². The summed E-state index contributed by atoms with van der Waals surface area (Å²) in [5.74, 6) is -0.00753. The molecule has 78 valence electrons. The Hall–Kier alpha value is -1.64. The molecule has 0 bridgehead atoms. The number of ketones is 1. The van der Waals surface area contributed by atoms with Gasteiger partial charge in [-0.3, -0.25) is 9.59 Å². The lowest BCUT2D eigenvalue weighted by Gasteiger charge is -2.23. The van der Waals surface area contributed by atoms with E-state index in [4.69, 9.17) is 5.73 Å². The smallest absolute Gasteiger partial charge is 0.218 e. The van der Waals surface area contributed by atoms with E-state index in [0.29, 0.717) is 12.8 Å². The van der Waals surface area contributed by atoms with E-state index in [2.05, 4.69) is 0 Å². The number of amides is 1. The zero-order chi connectivity index (χ0) is 10.8. The lowest BCUT2D eigenvalue weighted by atomic mass is 9.80. The fourth-order valence-electron chi connectivity index (χ4n) is 2.16. The summed E-state index contributed by atoms with van der Waals surface area (Å²) >= 11 is 0. The summed E-state index contributed by atoms with van der Waals surface area (Å²) in [6.07, 6.45) is 1.60. The first-order valence-electron chi connectivity index (χ1n) is 5.09. The van der Waals surface area contributed by atoms with Gasteiger partial charge in [0.25, 0.3) is 0 Å². The molecule has 0 aromatic heterocycles. The summed E-state index contributed by atoms with van der Waals surface area (Å²) in [6, 6.07) is 7.49. The molecular formula is C12H13NO2. The zero-order valence-electron chi connectivity index (χ0n) is 8.40. The number of nitrogens with two attached hydrogens (primary N) is 1. The Kier molecular flexibility index (Phi) is 2.54. The number of benzene rings is 1. The van der Waals surface area contributed by atoms with Gasteiger partial charge in [-0.15, -0.1) is 0 Å². The highest BCUT2D eigenvalue weighted by molar-refractivity contribution is 5.99. The maximum Gasteiger partial charge on any atom is 0.218 e. The van der Waals surface area contributed by atoms with E-state index < -0.39 is 0 Å². The van der Waals surface area contributed by atoms with Crippen molar-refractivity contribution in [1.29, 1.82) is 0 Å². The van der Waals surface area contributed by atoms with Crippen LogP contribution in [0.2, 0.25) is 0 Å². The molecule has 0 spiro atoms. The summed E-state index contributed by atoms with van der Waals surface area (Å²) in [4.78, 5) is 22.5. The fraction of sp³-hybridized carbons (Fsp3) is 0.333. The second-order valence-corrected chi connectivity index (χ2v) is 3.92. The number of primary amides is 1. The van der Waals surface area contributed by atoms with Gasteiger partial charge in [0.1, 0.15) is 0 Å². The third-order valence-corrected chi connectivity index (χ3v) is 2.87. The Morgan fingerprint density at radius 3 is 2.87 bits per heavy atom. The van der Waals surface area contributed by atoms with Gasteiger partial charge in [0.2, 0.25) is 5.91 Å². The predicted molar refractivity (Wildman–Crippen MR) is 56.6 cm³/mol. The maximum absolute atomic E-state index is 11.6. The average Bonchev–Trinajstić information content (AvgIpc) is 2.22. The first-order chi connectivity index (χ1) is 7.18. The van der Waals surface area contributed by atoms with Crippen LogP contribution in [0.3, 0.4) is 0 Å². The molecule has 3 heteroatoms. The van der Waals surface area contributed by atoms with Gasteiger partial charge in [-0.05, 0) is 17.9 Å². The topological polar surface area (TPSA) is 60.2 Å². The molecule has 0 aliphatic heterocycles. The van der Waals surface area contributed by atoms with Crippen molar-refractivity contribution in [2.24, 2.45) is 5.73 Å². The van der Waals surface area contributed by atoms with E-state index in [1.54, 1.807) is 0 Å². The largest absolute Gasteiger partial charge is 0.370 e. The highest BCUT2D eigenvalue weighted by Gasteiger charge is 2.25. The number of Topliss-reactive ketones (excluding diaryl/α,β-unsaturated/α-hetero) is 1. The van der Waals surface area contributed by atoms with Crippen LogP contribution in [0, 0.1) is 0 Å². The van der Waals surface area contributed by atoms with Gasteiger partial charge in [-0.25, -0.2) is 0 Å². The first-order valence-corrected chi connectivity index (χ1v) is 5.09. The van der Waals surface area contributed by atoms with Crippen molar-refractivity contribution in [3.05, 3.63) is 35.4 Å². The van der Waals surface area contributed by atoms with Gasteiger partial charge < -0.3 is 5.73 Å². The van der Waals surface area contributed by atoms with Crippen molar-refractivity contribution < 1.29 is 9.59 Å². The summed E-state index contributed by atoms with van der Waals surface area (Å²) in [7, 11) is 0. The number of carbonyl (C=O) groups is 2. The minimum Gasteiger partial charge on any atom is -0.370 e. The lowest BCUT2D eigenvalue weighted by molar-refractivity contribution is -0.118. The molecular weight excluding hydrogens is 190 g/mol. The van der Waals surface area contributed by atoms with E-state index in [9.17, 15) is 9.59 Å². The predicted octanol–water partition coefficient (Wildman–Crippen LogP) is 1.62. The molecule has 1 amide bonds. The third-order valence-electron chi connectivity index (χ3n) is 2.87. The molecule has 1 aliphatic carbocycles. The molecule has 1 aliphatic rings. The highest BCUT2D eigenvalue weighted by atomic mass is 16.1. The molecule has 0 heterocycles. The van der Waals surface area contributed by atoms with E-state index in [1.807, 2.05) is 24.3 Å². The Balaban J connectivity index is 2.36. The van der Waals surface area contributed by atoms with Gasteiger partial charge in [0, 0.05) is 18.4 Å². The van der Waals surface area contributed by atoms with Crippen LogP contribution in [-0.4, -0.2) is 11.7 Å². The van der Waals surface area contributed by atoms with E-state index in [1.165, 1.54) is 0 Å². The Labute approximate surface area is 88.3 Å². The number of rotatable bonds is 2. The van der Waals surface area contributed by atoms with Crippen molar-refractivity contribution in [3.63, 3.8) is 0 Å². The molecule has 0 radical (unpaired) electrons. The van der Waals surface area contributed by atoms with Gasteiger partial charge in [-0.1, -0.05) is 24.3 Å². The molecule has 2 N–H and O–H groups in total. The third kappa shape index (κ3) is 1.91. The number of hydrogen-bond acceptors (Lipinski definition) is 2. The Bertz CT molecular complexity index is 412. The molecule has 3 nitrogen and oxygen atoms in total. The standard InChI is InChI=1S/C12H13NO2/c13-12(15)7-8-5-6-11(14)10-4-2-1-3-9(8)10/h1-4,8H,5-7H2,(H2,13,15). The number of fused-ring (bicyclic) bond motifs is 1. The van der Waals surface area contributed by atoms with Gasteiger partial charge in [-0.2, -0.15) is 0 Å². The minimum atomic E-state index is -0.302. The summed E-state index contributed by atoms with van der Waals surface area (Å²) in [6.45, 7) is 0. The molecule has 15 heavy (non-hydrogen) atoms. The molecule has 1 atom stereocenters. The van der Waals surface area contributed by atoms with Crippen LogP contribution in [0.1, 0.15) is 41.1 Å². The van der Waals surface area contributed by atoms with Crippen LogP contribution in [0.15, 0.2) is 24.3 Å². The molecule has 0 saturated carbocycles. The van der Waals surface area contributed by atoms with E-state index in [-0.39, 0.29) is 17.6 Å². The molecule has 1 aromatic carbocycles. The molecule has 1 unspecified atom stereocenters. The van der Waals surface area contributed by atoms with Crippen LogP contribution in [0.25, 0.3) is 0 Å². The summed E-state index contributed by atoms with van der Waals surface area (Å²) in [5, 5.41) is 0. The summed E-state index contributed by atoms with van der Waals surface area (Å²) in [5.41, 5.74) is 6.93. The van der Waals surface area contributed by atoms with Crippen molar-refractivity contribution >= 4 is 11.7 Å². The van der Waals surface area contributed by atoms with E-state index >= 15 is 0 Å². The molecule has 2 rings (SSSR count). The second kappa shape index (κ2) is 3.85. The number of hydrogen-bond donors (Lipinski definition) is 1. The molecule has 1 aromatic rings. The quantitative estimate of drug-likeness (QED) is 0.794. The van der Waals surface area contributed by atoms with Crippen LogP contribution in [0.4, 0.5) is 0 Å². The average molecular weight is 203 g/mol. The van der Waals surface area contributed by atoms with Gasteiger partial charge in [0.15, 0.2) is 5.78 Å². The van der Waals surface area contributed by atoms with Crippen molar-refractivity contribution in [2.75, 3.05) is 0 Å². The van der Waals surface area contributed by atoms with Crippen LogP contribution in [0.5, 0.6) is 0 Å². The van der Waals surface area contributed by atoms with Crippen LogP contribution in [-0.2, 0) is 4.79 Å². The minimum absolute atomic E-state index is 0.122. The fourth-order valence-corrected chi connectivity index (χ4v) is 2.16. The van der Waals surface area contributed by atoms with Gasteiger partial charge in [0.05, 0.1) is 0 Å². The molecule has 0 saturated heterocycles. The Morgan fingerprint density at radius 1 is 1.40 bits per heavy atom. The van der Waals surface area contributed by atoms with Crippen molar-refractivity contribution in [1.82, 2.24) is 0 Å². The lowest BCUT2D eigenvalue weighted by Crippen LogP contribution is -2.21. The SMILES string of the molecule is NC(=O)CC1CCC(=O)c2ccccc21. The molecule has 0 fully saturated rings.